The second-order valence-corrected chi connectivity index (χ2v) is 2.93. The molecule has 0 aromatic carbocycles. The Balaban J connectivity index is -0.000000149. The van der Waals surface area contributed by atoms with Crippen molar-refractivity contribution < 1.29 is 42.5 Å². The van der Waals surface area contributed by atoms with Crippen LogP contribution in [-0.2, 0) is 10.1 Å². The summed E-state index contributed by atoms with van der Waals surface area (Å²) in [6.45, 7) is 7.13. The number of hydrogen-bond donors (Lipinski definition) is 1. The van der Waals surface area contributed by atoms with Crippen LogP contribution in [0.2, 0.25) is 0 Å². The Morgan fingerprint density at radius 1 is 1.50 bits per heavy atom. The van der Waals surface area contributed by atoms with E-state index in [1.807, 2.05) is 0 Å². The smallest absolute Gasteiger partial charge is 0.747 e. The van der Waals surface area contributed by atoms with Gasteiger partial charge in [-0.25, -0.2) is 8.42 Å². The maximum Gasteiger partial charge on any atom is 1.00 e. The summed E-state index contributed by atoms with van der Waals surface area (Å²) in [5.41, 5.74) is 4.67. The minimum absolute atomic E-state index is 0. The van der Waals surface area contributed by atoms with Crippen LogP contribution in [0, 0.1) is 0 Å². The van der Waals surface area contributed by atoms with Gasteiger partial charge in [0.1, 0.15) is 10.1 Å². The first kappa shape index (κ1) is 16.9. The first-order chi connectivity index (χ1) is 3.94. The molecule has 10 heavy (non-hydrogen) atoms. The molecule has 0 amide bonds. The fourth-order valence-electron chi connectivity index (χ4n) is 0. The molecule has 1 atom stereocenters. The summed E-state index contributed by atoms with van der Waals surface area (Å²) in [7, 11) is -4.21. The molecule has 0 aliphatic rings. The van der Waals surface area contributed by atoms with E-state index in [1.54, 1.807) is 0 Å². The summed E-state index contributed by atoms with van der Waals surface area (Å²) in [6, 6.07) is 0. The Hall–Kier alpha value is 0.610. The number of nitrogens with two attached hydrogens (primary N) is 1. The Morgan fingerprint density at radius 2 is 1.60 bits per heavy atom. The third kappa shape index (κ3) is 11.4. The van der Waals surface area contributed by atoms with E-state index < -0.39 is 15.5 Å². The predicted molar refractivity (Wildman–Crippen MR) is 34.6 cm³/mol. The first-order valence-electron chi connectivity index (χ1n) is 2.15. The van der Waals surface area contributed by atoms with Gasteiger partial charge in [-0.15, -0.1) is 13.2 Å². The van der Waals surface area contributed by atoms with Crippen LogP contribution >= 0.6 is 0 Å². The van der Waals surface area contributed by atoms with E-state index in [0.29, 0.717) is 0 Å². The summed E-state index contributed by atoms with van der Waals surface area (Å²) < 4.78 is 29.0. The Morgan fingerprint density at radius 3 is 1.60 bits per heavy atom. The standard InChI is InChI=1S/C2H7NO3S.C2H4.Na/c1-2(3)7(4,5)6;1-2;/h2H,3H2,1H3,(H,4,5,6);1-2H2;/q;;+1/p-1. The van der Waals surface area contributed by atoms with E-state index in [9.17, 15) is 13.0 Å². The van der Waals surface area contributed by atoms with Gasteiger partial charge in [0.2, 0.25) is 0 Å². The van der Waals surface area contributed by atoms with Gasteiger partial charge in [0.15, 0.2) is 0 Å². The van der Waals surface area contributed by atoms with Gasteiger partial charge in [-0.1, -0.05) is 0 Å². The van der Waals surface area contributed by atoms with Crippen LogP contribution in [0.1, 0.15) is 6.92 Å². The normalized spacial score (nSPS) is 11.9. The van der Waals surface area contributed by atoms with Crippen LogP contribution in [0.3, 0.4) is 0 Å². The van der Waals surface area contributed by atoms with Crippen molar-refractivity contribution in [3.8, 4) is 0 Å². The molecule has 0 fully saturated rings. The Labute approximate surface area is 83.5 Å². The summed E-state index contributed by atoms with van der Waals surface area (Å²) in [5.74, 6) is 0. The van der Waals surface area contributed by atoms with Gasteiger partial charge in [0, 0.05) is 0 Å². The van der Waals surface area contributed by atoms with Crippen molar-refractivity contribution in [1.82, 2.24) is 0 Å². The van der Waals surface area contributed by atoms with E-state index in [-0.39, 0.29) is 29.6 Å². The average molecular weight is 175 g/mol. The van der Waals surface area contributed by atoms with Crippen molar-refractivity contribution in [2.45, 2.75) is 12.3 Å². The molecule has 0 radical (unpaired) electrons. The molecular formula is C4H10NNaO3S. The summed E-state index contributed by atoms with van der Waals surface area (Å²) >= 11 is 0. The van der Waals surface area contributed by atoms with Gasteiger partial charge in [0.25, 0.3) is 0 Å². The molecule has 0 saturated heterocycles. The van der Waals surface area contributed by atoms with Crippen LogP contribution in [0.5, 0.6) is 0 Å². The second kappa shape index (κ2) is 7.71. The zero-order valence-corrected chi connectivity index (χ0v) is 9.02. The number of rotatable bonds is 1. The van der Waals surface area contributed by atoms with Gasteiger partial charge in [0.05, 0.1) is 5.37 Å². The van der Waals surface area contributed by atoms with Crippen molar-refractivity contribution in [2.24, 2.45) is 5.73 Å². The molecule has 0 bridgehead atoms. The molecule has 0 aromatic rings. The van der Waals surface area contributed by atoms with Gasteiger partial charge >= 0.3 is 29.6 Å². The molecule has 56 valence electrons. The minimum Gasteiger partial charge on any atom is -0.747 e. The van der Waals surface area contributed by atoms with Gasteiger partial charge in [-0.2, -0.15) is 0 Å². The van der Waals surface area contributed by atoms with Crippen molar-refractivity contribution in [1.29, 1.82) is 0 Å². The van der Waals surface area contributed by atoms with Crippen LogP contribution in [0.15, 0.2) is 13.2 Å². The second-order valence-electron chi connectivity index (χ2n) is 1.20. The fourth-order valence-corrected chi connectivity index (χ4v) is 0. The topological polar surface area (TPSA) is 83.2 Å². The molecule has 0 aliphatic carbocycles. The fraction of sp³-hybridized carbons (Fsp3) is 0.500. The molecular weight excluding hydrogens is 165 g/mol. The maximum atomic E-state index is 9.65. The summed E-state index contributed by atoms with van der Waals surface area (Å²) in [6.07, 6.45) is 0. The molecule has 0 aromatic heterocycles. The van der Waals surface area contributed by atoms with E-state index in [2.05, 4.69) is 18.9 Å². The molecule has 0 heterocycles. The molecule has 0 aliphatic heterocycles. The molecule has 0 rings (SSSR count). The van der Waals surface area contributed by atoms with Crippen LogP contribution < -0.4 is 35.3 Å². The SMILES string of the molecule is C=C.CC(N)S(=O)(=O)[O-].[Na+]. The zero-order valence-electron chi connectivity index (χ0n) is 6.20. The molecule has 4 nitrogen and oxygen atoms in total. The van der Waals surface area contributed by atoms with E-state index >= 15 is 0 Å². The number of hydrogen-bond acceptors (Lipinski definition) is 4. The average Bonchev–Trinajstić information content (AvgIpc) is 1.69. The van der Waals surface area contributed by atoms with Crippen LogP contribution in [0.25, 0.3) is 0 Å². The van der Waals surface area contributed by atoms with Gasteiger partial charge in [-0.05, 0) is 6.92 Å². The monoisotopic (exact) mass is 175 g/mol. The summed E-state index contributed by atoms with van der Waals surface area (Å²) in [5, 5.41) is -1.28. The molecule has 0 saturated carbocycles. The van der Waals surface area contributed by atoms with E-state index in [1.165, 1.54) is 0 Å². The predicted octanol–water partition coefficient (Wildman–Crippen LogP) is -3.36. The third-order valence-electron chi connectivity index (χ3n) is 0.455. The zero-order chi connectivity index (χ0) is 8.08. The van der Waals surface area contributed by atoms with E-state index in [4.69, 9.17) is 0 Å². The summed E-state index contributed by atoms with van der Waals surface area (Å²) in [4.78, 5) is 0. The van der Waals surface area contributed by atoms with Crippen molar-refractivity contribution >= 4 is 10.1 Å². The van der Waals surface area contributed by atoms with Crippen LogP contribution in [-0.4, -0.2) is 18.3 Å². The van der Waals surface area contributed by atoms with Crippen molar-refractivity contribution in [2.75, 3.05) is 0 Å². The molecule has 2 N–H and O–H groups in total. The molecule has 1 unspecified atom stereocenters. The molecule has 0 spiro atoms. The quantitative estimate of drug-likeness (QED) is 0.256. The third-order valence-corrected chi connectivity index (χ3v) is 1.37. The van der Waals surface area contributed by atoms with Crippen molar-refractivity contribution in [3.63, 3.8) is 0 Å². The maximum absolute atomic E-state index is 9.65. The van der Waals surface area contributed by atoms with Gasteiger partial charge < -0.3 is 10.3 Å². The molecule has 6 heteroatoms. The Bertz CT molecular complexity index is 154. The largest absolute Gasteiger partial charge is 1.00 e. The first-order valence-corrected chi connectivity index (χ1v) is 3.62. The minimum atomic E-state index is -4.21. The van der Waals surface area contributed by atoms with E-state index in [0.717, 1.165) is 6.92 Å². The Kier molecular flexibility index (Phi) is 13.1. The van der Waals surface area contributed by atoms with Crippen molar-refractivity contribution in [3.05, 3.63) is 13.2 Å². The van der Waals surface area contributed by atoms with Gasteiger partial charge in [-0.3, -0.25) is 0 Å². The van der Waals surface area contributed by atoms with Crippen LogP contribution in [0.4, 0.5) is 0 Å².